The Balaban J connectivity index is 2.12. The van der Waals surface area contributed by atoms with Gasteiger partial charge in [-0.05, 0) is 45.6 Å². The quantitative estimate of drug-likeness (QED) is 0.731. The SMILES string of the molecule is CCNC1CCC(OCC(=O)NC(C)CC)CC1. The van der Waals surface area contributed by atoms with E-state index in [-0.39, 0.29) is 24.7 Å². The molecule has 106 valence electrons. The highest BCUT2D eigenvalue weighted by atomic mass is 16.5. The Bertz CT molecular complexity index is 238. The Kier molecular flexibility index (Phi) is 7.28. The molecule has 18 heavy (non-hydrogen) atoms. The van der Waals surface area contributed by atoms with Crippen LogP contribution < -0.4 is 10.6 Å². The first-order valence-corrected chi connectivity index (χ1v) is 7.30. The zero-order valence-corrected chi connectivity index (χ0v) is 12.0. The summed E-state index contributed by atoms with van der Waals surface area (Å²) >= 11 is 0. The second-order valence-corrected chi connectivity index (χ2v) is 5.22. The second-order valence-electron chi connectivity index (χ2n) is 5.22. The number of nitrogens with one attached hydrogen (secondary N) is 2. The van der Waals surface area contributed by atoms with Gasteiger partial charge in [-0.3, -0.25) is 4.79 Å². The molecule has 0 radical (unpaired) electrons. The van der Waals surface area contributed by atoms with E-state index in [1.807, 2.05) is 6.92 Å². The highest BCUT2D eigenvalue weighted by molar-refractivity contribution is 5.77. The van der Waals surface area contributed by atoms with Crippen LogP contribution in [0.3, 0.4) is 0 Å². The van der Waals surface area contributed by atoms with Gasteiger partial charge in [0.1, 0.15) is 6.61 Å². The monoisotopic (exact) mass is 256 g/mol. The molecule has 1 aliphatic rings. The lowest BCUT2D eigenvalue weighted by atomic mass is 9.93. The van der Waals surface area contributed by atoms with Gasteiger partial charge in [0.25, 0.3) is 0 Å². The minimum absolute atomic E-state index is 0.0122. The van der Waals surface area contributed by atoms with E-state index in [1.54, 1.807) is 0 Å². The van der Waals surface area contributed by atoms with Crippen LogP contribution in [0.1, 0.15) is 52.9 Å². The molecule has 4 nitrogen and oxygen atoms in total. The summed E-state index contributed by atoms with van der Waals surface area (Å²) in [7, 11) is 0. The van der Waals surface area contributed by atoms with Crippen LogP contribution in [-0.4, -0.2) is 37.2 Å². The molecule has 1 unspecified atom stereocenters. The number of hydrogen-bond donors (Lipinski definition) is 2. The molecule has 0 aromatic heterocycles. The topological polar surface area (TPSA) is 50.4 Å². The maximum atomic E-state index is 11.6. The average Bonchev–Trinajstić information content (AvgIpc) is 2.38. The standard InChI is InChI=1S/C14H28N2O2/c1-4-11(3)16-14(17)10-18-13-8-6-12(7-9-13)15-5-2/h11-13,15H,4-10H2,1-3H3,(H,16,17). The molecule has 1 atom stereocenters. The summed E-state index contributed by atoms with van der Waals surface area (Å²) < 4.78 is 5.68. The summed E-state index contributed by atoms with van der Waals surface area (Å²) in [6.07, 6.45) is 5.67. The van der Waals surface area contributed by atoms with Crippen LogP contribution in [0.2, 0.25) is 0 Å². The molecule has 0 aromatic carbocycles. The van der Waals surface area contributed by atoms with Crippen molar-refractivity contribution in [3.63, 3.8) is 0 Å². The number of carbonyl (C=O) groups excluding carboxylic acids is 1. The highest BCUT2D eigenvalue weighted by Gasteiger charge is 2.21. The Morgan fingerprint density at radius 1 is 1.28 bits per heavy atom. The first-order valence-electron chi connectivity index (χ1n) is 7.30. The Morgan fingerprint density at radius 2 is 1.94 bits per heavy atom. The predicted molar refractivity (Wildman–Crippen MR) is 73.6 cm³/mol. The van der Waals surface area contributed by atoms with Gasteiger partial charge in [-0.25, -0.2) is 0 Å². The van der Waals surface area contributed by atoms with Crippen molar-refractivity contribution in [3.05, 3.63) is 0 Å². The third-order valence-corrected chi connectivity index (χ3v) is 3.64. The molecule has 1 fully saturated rings. The molecular formula is C14H28N2O2. The smallest absolute Gasteiger partial charge is 0.246 e. The van der Waals surface area contributed by atoms with E-state index in [0.717, 1.165) is 38.6 Å². The van der Waals surface area contributed by atoms with E-state index in [2.05, 4.69) is 24.5 Å². The lowest BCUT2D eigenvalue weighted by Crippen LogP contribution is -2.38. The number of hydrogen-bond acceptors (Lipinski definition) is 3. The number of ether oxygens (including phenoxy) is 1. The van der Waals surface area contributed by atoms with E-state index in [9.17, 15) is 4.79 Å². The lowest BCUT2D eigenvalue weighted by Gasteiger charge is -2.28. The summed E-state index contributed by atoms with van der Waals surface area (Å²) in [6.45, 7) is 7.46. The van der Waals surface area contributed by atoms with Crippen LogP contribution in [-0.2, 0) is 9.53 Å². The molecule has 0 aliphatic heterocycles. The largest absolute Gasteiger partial charge is 0.368 e. The van der Waals surface area contributed by atoms with Crippen molar-refractivity contribution < 1.29 is 9.53 Å². The van der Waals surface area contributed by atoms with Gasteiger partial charge in [-0.15, -0.1) is 0 Å². The van der Waals surface area contributed by atoms with Gasteiger partial charge in [0.05, 0.1) is 6.10 Å². The summed E-state index contributed by atoms with van der Waals surface area (Å²) in [5.74, 6) is 0.0122. The molecule has 1 amide bonds. The molecule has 2 N–H and O–H groups in total. The van der Waals surface area contributed by atoms with E-state index in [4.69, 9.17) is 4.74 Å². The lowest BCUT2D eigenvalue weighted by molar-refractivity contribution is -0.129. The van der Waals surface area contributed by atoms with Gasteiger partial charge in [-0.1, -0.05) is 13.8 Å². The Labute approximate surface area is 111 Å². The maximum absolute atomic E-state index is 11.6. The fourth-order valence-corrected chi connectivity index (χ4v) is 2.33. The molecule has 0 saturated heterocycles. The van der Waals surface area contributed by atoms with Gasteiger partial charge in [0.2, 0.25) is 5.91 Å². The fourth-order valence-electron chi connectivity index (χ4n) is 2.33. The number of carbonyl (C=O) groups is 1. The van der Waals surface area contributed by atoms with Crippen molar-refractivity contribution in [1.29, 1.82) is 0 Å². The molecule has 0 spiro atoms. The zero-order chi connectivity index (χ0) is 13.4. The van der Waals surface area contributed by atoms with Gasteiger partial charge in [0.15, 0.2) is 0 Å². The van der Waals surface area contributed by atoms with Gasteiger partial charge < -0.3 is 15.4 Å². The van der Waals surface area contributed by atoms with Gasteiger partial charge in [0, 0.05) is 12.1 Å². The molecular weight excluding hydrogens is 228 g/mol. The van der Waals surface area contributed by atoms with E-state index >= 15 is 0 Å². The van der Waals surface area contributed by atoms with Gasteiger partial charge in [-0.2, -0.15) is 0 Å². The van der Waals surface area contributed by atoms with Crippen LogP contribution in [0, 0.1) is 0 Å². The zero-order valence-electron chi connectivity index (χ0n) is 12.0. The summed E-state index contributed by atoms with van der Waals surface area (Å²) in [5, 5.41) is 6.39. The van der Waals surface area contributed by atoms with Gasteiger partial charge >= 0.3 is 0 Å². The number of amides is 1. The van der Waals surface area contributed by atoms with Crippen molar-refractivity contribution >= 4 is 5.91 Å². The molecule has 1 saturated carbocycles. The maximum Gasteiger partial charge on any atom is 0.246 e. The van der Waals surface area contributed by atoms with Crippen LogP contribution in [0.25, 0.3) is 0 Å². The number of rotatable bonds is 7. The minimum Gasteiger partial charge on any atom is -0.368 e. The summed E-state index contributed by atoms with van der Waals surface area (Å²) in [5.41, 5.74) is 0. The van der Waals surface area contributed by atoms with Crippen LogP contribution in [0.5, 0.6) is 0 Å². The van der Waals surface area contributed by atoms with E-state index in [0.29, 0.717) is 6.04 Å². The van der Waals surface area contributed by atoms with E-state index in [1.165, 1.54) is 0 Å². The normalized spacial score (nSPS) is 25.7. The first kappa shape index (κ1) is 15.4. The Hall–Kier alpha value is -0.610. The minimum atomic E-state index is 0.0122. The fraction of sp³-hybridized carbons (Fsp3) is 0.929. The first-order chi connectivity index (χ1) is 8.65. The summed E-state index contributed by atoms with van der Waals surface area (Å²) in [6, 6.07) is 0.884. The molecule has 1 rings (SSSR count). The van der Waals surface area contributed by atoms with Crippen molar-refractivity contribution in [3.8, 4) is 0 Å². The van der Waals surface area contributed by atoms with E-state index < -0.39 is 0 Å². The van der Waals surface area contributed by atoms with Crippen LogP contribution in [0.15, 0.2) is 0 Å². The van der Waals surface area contributed by atoms with Crippen LogP contribution in [0.4, 0.5) is 0 Å². The van der Waals surface area contributed by atoms with Crippen LogP contribution >= 0.6 is 0 Å². The third-order valence-electron chi connectivity index (χ3n) is 3.64. The van der Waals surface area contributed by atoms with Crippen molar-refractivity contribution in [2.45, 2.75) is 71.1 Å². The molecule has 0 bridgehead atoms. The van der Waals surface area contributed by atoms with Crippen molar-refractivity contribution in [2.75, 3.05) is 13.2 Å². The predicted octanol–water partition coefficient (Wildman–Crippen LogP) is 1.84. The Morgan fingerprint density at radius 3 is 2.50 bits per heavy atom. The molecule has 1 aliphatic carbocycles. The third kappa shape index (κ3) is 5.83. The molecule has 0 aromatic rings. The molecule has 0 heterocycles. The molecule has 4 heteroatoms. The summed E-state index contributed by atoms with van der Waals surface area (Å²) in [4.78, 5) is 11.6. The van der Waals surface area contributed by atoms with Crippen molar-refractivity contribution in [1.82, 2.24) is 10.6 Å². The highest BCUT2D eigenvalue weighted by Crippen LogP contribution is 2.20. The second kappa shape index (κ2) is 8.48. The van der Waals surface area contributed by atoms with Crippen molar-refractivity contribution in [2.24, 2.45) is 0 Å². The average molecular weight is 256 g/mol.